The fourth-order valence-electron chi connectivity index (χ4n) is 21.0. The molecule has 0 saturated heterocycles. The van der Waals surface area contributed by atoms with Crippen molar-refractivity contribution in [2.24, 2.45) is 0 Å². The van der Waals surface area contributed by atoms with Crippen molar-refractivity contribution in [2.75, 3.05) is 49.4 Å². The molecule has 14 nitrogen and oxygen atoms in total. The van der Waals surface area contributed by atoms with Crippen molar-refractivity contribution in [3.63, 3.8) is 0 Å². The van der Waals surface area contributed by atoms with Crippen LogP contribution in [0.1, 0.15) is 521 Å². The van der Waals surface area contributed by atoms with Crippen molar-refractivity contribution in [3.8, 4) is 57.5 Å². The van der Waals surface area contributed by atoms with Gasteiger partial charge in [0.05, 0.1) is 62.1 Å². The SMILES string of the molecule is CCCCCCCCCCCCOc1cc(N2C(=O)c3ccc4c5c(Oc6ccc(C(C)(C)C)cc6)cc6c7c(ccc(c8c(Oc9ccc(C(C)(C)C)cc9)cc(c3c48)C2=O)c75)C(=O)N(c2cc(OCCCCCCCCCCCC)c(OCCCCCCCCCCCC)c(OCCCCCCCCCCCC)c2)C6=O)cc(OCCCCCCCCCCCC)c1OCCCCCCCCCCCC. The monoisotopic (exact) mass is 1940 g/mol. The molecule has 0 atom stereocenters. The molecule has 0 saturated carbocycles. The summed E-state index contributed by atoms with van der Waals surface area (Å²) in [7, 11) is 0. The Morgan fingerprint density at radius 2 is 0.408 bits per heavy atom. The van der Waals surface area contributed by atoms with Gasteiger partial charge in [-0.2, -0.15) is 0 Å². The maximum absolute atomic E-state index is 16.8. The van der Waals surface area contributed by atoms with Crippen LogP contribution < -0.4 is 47.7 Å². The van der Waals surface area contributed by atoms with Gasteiger partial charge in [-0.25, -0.2) is 9.80 Å². The third kappa shape index (κ3) is 34.0. The van der Waals surface area contributed by atoms with E-state index in [0.717, 1.165) is 127 Å². The predicted octanol–water partition coefficient (Wildman–Crippen LogP) is 39.3. The van der Waals surface area contributed by atoms with Crippen molar-refractivity contribution in [1.29, 1.82) is 0 Å². The van der Waals surface area contributed by atoms with Gasteiger partial charge in [-0.15, -0.1) is 0 Å². The molecule has 0 spiro atoms. The van der Waals surface area contributed by atoms with Crippen molar-refractivity contribution >= 4 is 78.1 Å². The average Bonchev–Trinajstić information content (AvgIpc) is 0.677. The van der Waals surface area contributed by atoms with Crippen LogP contribution in [-0.2, 0) is 10.8 Å². The maximum atomic E-state index is 16.8. The predicted molar refractivity (Wildman–Crippen MR) is 597 cm³/mol. The van der Waals surface area contributed by atoms with E-state index >= 15 is 19.2 Å². The Labute approximate surface area is 858 Å². The number of carbonyl (C=O) groups is 4. The summed E-state index contributed by atoms with van der Waals surface area (Å²) in [4.78, 5) is 69.3. The zero-order valence-corrected chi connectivity index (χ0v) is 90.9. The Kier molecular flexibility index (Phi) is 49.5. The number of hydrogen-bond donors (Lipinski definition) is 0. The van der Waals surface area contributed by atoms with E-state index in [1.807, 2.05) is 84.9 Å². The van der Waals surface area contributed by atoms with Crippen LogP contribution in [0.3, 0.4) is 0 Å². The zero-order chi connectivity index (χ0) is 101. The normalized spacial score (nSPS) is 12.8. The van der Waals surface area contributed by atoms with Crippen LogP contribution in [0.25, 0.3) is 43.1 Å². The lowest BCUT2D eigenvalue weighted by atomic mass is 9.81. The number of rotatable bonds is 78. The highest BCUT2D eigenvalue weighted by molar-refractivity contribution is 6.46. The van der Waals surface area contributed by atoms with Gasteiger partial charge in [0.1, 0.15) is 23.0 Å². The number of ether oxygens (including phenoxy) is 8. The molecule has 0 unspecified atom stereocenters. The van der Waals surface area contributed by atoms with E-state index in [1.165, 1.54) is 279 Å². The first-order valence-corrected chi connectivity index (χ1v) is 58.1. The largest absolute Gasteiger partial charge is 0.489 e. The first-order chi connectivity index (χ1) is 69.3. The van der Waals surface area contributed by atoms with Crippen LogP contribution in [0.2, 0.25) is 0 Å². The molecule has 0 bridgehead atoms. The van der Waals surface area contributed by atoms with E-state index in [1.54, 1.807) is 0 Å². The van der Waals surface area contributed by atoms with E-state index in [0.29, 0.717) is 163 Å². The molecule has 4 amide bonds. The van der Waals surface area contributed by atoms with Crippen LogP contribution in [0.5, 0.6) is 57.5 Å². The quantitative estimate of drug-likeness (QED) is 0.0155. The highest BCUT2D eigenvalue weighted by Crippen LogP contribution is 2.56. The standard InChI is InChI=1S/C128H186N2O12/c1-13-19-25-31-37-43-49-55-61-67-85-135-111-91-99(92-112(136-86-68-62-56-50-44-38-32-26-20-14-2)121(111)139-89-71-65-59-53-47-41-35-29-23-17-5)129-123(131)105-83-81-103-118-110(142-102-79-75-98(76-80-102)128(10,11)12)96-108-116-106(84-82-104(120(116)118)117-109(95-107(125(129)133)115(105)119(103)117)141-101-77-73-97(74-78-101)127(7,8)9)124(132)130(126(108)134)100-93-113(137-87-69-63-57-51-45-39-33-27-21-15-3)122(140-90-72-66-60-54-48-42-36-30-24-18-6)114(94-100)138-88-70-64-58-52-46-40-34-28-22-16-4/h73-84,91-96H,13-72,85-90H2,1-12H3. The molecule has 780 valence electrons. The van der Waals surface area contributed by atoms with Crippen LogP contribution in [0, 0.1) is 0 Å². The number of nitrogens with zero attached hydrogens (tertiary/aromatic N) is 2. The number of anilines is 2. The van der Waals surface area contributed by atoms with Crippen molar-refractivity contribution in [2.45, 2.75) is 479 Å². The minimum absolute atomic E-state index is 0.176. The molecular weight excluding hydrogens is 1760 g/mol. The summed E-state index contributed by atoms with van der Waals surface area (Å²) in [5.41, 5.74) is 3.61. The molecule has 0 fully saturated rings. The van der Waals surface area contributed by atoms with Gasteiger partial charge in [0.2, 0.25) is 11.5 Å². The number of amides is 4. The molecule has 2 heterocycles. The minimum Gasteiger partial charge on any atom is -0.489 e. The first-order valence-electron chi connectivity index (χ1n) is 58.1. The summed E-state index contributed by atoms with van der Waals surface area (Å²) in [6.07, 6.45) is 70.9. The molecule has 0 aliphatic carbocycles. The van der Waals surface area contributed by atoms with Crippen molar-refractivity contribution < 1.29 is 57.1 Å². The van der Waals surface area contributed by atoms with Gasteiger partial charge in [0.15, 0.2) is 23.0 Å². The molecule has 142 heavy (non-hydrogen) atoms. The third-order valence-corrected chi connectivity index (χ3v) is 29.7. The van der Waals surface area contributed by atoms with Gasteiger partial charge in [0.25, 0.3) is 23.6 Å². The second-order valence-electron chi connectivity index (χ2n) is 43.8. The number of fused-ring (bicyclic) bond motifs is 2. The first kappa shape index (κ1) is 113. The highest BCUT2D eigenvalue weighted by Gasteiger charge is 2.42. The molecule has 0 N–H and O–H groups in total. The maximum Gasteiger partial charge on any atom is 0.266 e. The van der Waals surface area contributed by atoms with Gasteiger partial charge in [0, 0.05) is 67.7 Å². The Hall–Kier alpha value is -9.04. The van der Waals surface area contributed by atoms with Crippen molar-refractivity contribution in [3.05, 3.63) is 143 Å². The van der Waals surface area contributed by atoms with E-state index in [-0.39, 0.29) is 22.0 Å². The minimum atomic E-state index is -0.550. The van der Waals surface area contributed by atoms with Gasteiger partial charge in [-0.1, -0.05) is 466 Å². The Morgan fingerprint density at radius 1 is 0.204 bits per heavy atom. The topological polar surface area (TPSA) is 149 Å². The lowest BCUT2D eigenvalue weighted by Crippen LogP contribution is -2.40. The lowest BCUT2D eigenvalue weighted by Gasteiger charge is -2.32. The second-order valence-corrected chi connectivity index (χ2v) is 43.8. The molecule has 0 radical (unpaired) electrons. The summed E-state index contributed by atoms with van der Waals surface area (Å²) >= 11 is 0. The summed E-state index contributed by atoms with van der Waals surface area (Å²) in [5.74, 6) is 2.36. The van der Waals surface area contributed by atoms with E-state index < -0.39 is 23.6 Å². The molecule has 2 aliphatic rings. The fraction of sp³-hybridized carbons (Fsp3) is 0.625. The summed E-state index contributed by atoms with van der Waals surface area (Å²) in [5, 5.41) is 4.55. The Morgan fingerprint density at radius 3 is 0.627 bits per heavy atom. The fourth-order valence-corrected chi connectivity index (χ4v) is 21.0. The third-order valence-electron chi connectivity index (χ3n) is 29.7. The van der Waals surface area contributed by atoms with E-state index in [2.05, 4.69) is 107 Å². The second kappa shape index (κ2) is 62.1. The number of carbonyl (C=O) groups excluding carboxylic acids is 4. The molecule has 0 aromatic heterocycles. The van der Waals surface area contributed by atoms with E-state index in [4.69, 9.17) is 37.9 Å². The Bertz CT molecular complexity index is 4810. The summed E-state index contributed by atoms with van der Waals surface area (Å²) in [6.45, 7) is 29.3. The summed E-state index contributed by atoms with van der Waals surface area (Å²) in [6, 6.07) is 34.8. The van der Waals surface area contributed by atoms with Gasteiger partial charge >= 0.3 is 0 Å². The molecule has 11 rings (SSSR count). The molecule has 9 aromatic rings. The lowest BCUT2D eigenvalue weighted by molar-refractivity contribution is 0.0877. The number of benzene rings is 9. The number of unbranched alkanes of at least 4 members (excludes halogenated alkanes) is 54. The molecule has 9 aromatic carbocycles. The van der Waals surface area contributed by atoms with Gasteiger partial charge in [-0.3, -0.25) is 19.2 Å². The smallest absolute Gasteiger partial charge is 0.266 e. The molecule has 2 aliphatic heterocycles. The molecular formula is C128H186N2O12. The van der Waals surface area contributed by atoms with Gasteiger partial charge in [-0.05, 0) is 120 Å². The Balaban J connectivity index is 1.03. The molecule has 14 heteroatoms. The highest BCUT2D eigenvalue weighted by atomic mass is 16.6. The van der Waals surface area contributed by atoms with Crippen LogP contribution in [-0.4, -0.2) is 63.3 Å². The number of hydrogen-bond acceptors (Lipinski definition) is 12. The van der Waals surface area contributed by atoms with Crippen molar-refractivity contribution in [1.82, 2.24) is 0 Å². The average molecular weight is 1940 g/mol. The van der Waals surface area contributed by atoms with Crippen LogP contribution >= 0.6 is 0 Å². The van der Waals surface area contributed by atoms with Crippen LogP contribution in [0.15, 0.2) is 109 Å². The van der Waals surface area contributed by atoms with Gasteiger partial charge < -0.3 is 37.9 Å². The van der Waals surface area contributed by atoms with Crippen LogP contribution in [0.4, 0.5) is 11.4 Å². The van der Waals surface area contributed by atoms with E-state index in [9.17, 15) is 0 Å². The number of imide groups is 2. The zero-order valence-electron chi connectivity index (χ0n) is 90.9. The summed E-state index contributed by atoms with van der Waals surface area (Å²) < 4.78 is 56.6.